The topological polar surface area (TPSA) is 24.9 Å². The van der Waals surface area contributed by atoms with Gasteiger partial charge in [-0.2, -0.15) is 0 Å². The van der Waals surface area contributed by atoms with E-state index in [1.54, 1.807) is 0 Å². The highest BCUT2D eigenvalue weighted by atomic mass is 15.0. The maximum Gasteiger partial charge on any atom is 0.129 e. The fourth-order valence-electron chi connectivity index (χ4n) is 1.40. The average molecular weight is 192 g/mol. The third kappa shape index (κ3) is 2.72. The molecule has 0 amide bonds. The molecule has 1 N–H and O–H groups in total. The first-order chi connectivity index (χ1) is 6.41. The summed E-state index contributed by atoms with van der Waals surface area (Å²) in [7, 11) is 0. The Morgan fingerprint density at radius 3 is 2.43 bits per heavy atom. The monoisotopic (exact) mass is 192 g/mol. The van der Waals surface area contributed by atoms with Gasteiger partial charge in [-0.1, -0.05) is 26.8 Å². The van der Waals surface area contributed by atoms with Crippen molar-refractivity contribution in [1.82, 2.24) is 4.98 Å². The molecule has 0 fully saturated rings. The van der Waals surface area contributed by atoms with Crippen LogP contribution in [0.5, 0.6) is 0 Å². The molecule has 0 aliphatic carbocycles. The zero-order valence-corrected chi connectivity index (χ0v) is 9.76. The summed E-state index contributed by atoms with van der Waals surface area (Å²) in [5.74, 6) is 1.01. The summed E-state index contributed by atoms with van der Waals surface area (Å²) in [6.45, 7) is 10.9. The minimum atomic E-state index is 0.144. The van der Waals surface area contributed by atoms with Gasteiger partial charge in [0.25, 0.3) is 0 Å². The largest absolute Gasteiger partial charge is 0.368 e. The number of hydrogen-bond donors (Lipinski definition) is 1. The summed E-state index contributed by atoms with van der Waals surface area (Å²) < 4.78 is 0. The molecule has 0 unspecified atom stereocenters. The minimum absolute atomic E-state index is 0.144. The van der Waals surface area contributed by atoms with Crippen LogP contribution in [0.3, 0.4) is 0 Å². The van der Waals surface area contributed by atoms with Gasteiger partial charge in [0, 0.05) is 12.2 Å². The molecule has 0 bridgehead atoms. The molecule has 2 heteroatoms. The molecule has 0 aliphatic rings. The second-order valence-electron chi connectivity index (χ2n) is 4.95. The van der Waals surface area contributed by atoms with Gasteiger partial charge < -0.3 is 5.32 Å². The standard InChI is InChI=1S/C12H20N2/c1-9(2)14-11-10(12(3,4)5)7-6-8-13-11/h6-9H,1-5H3,(H,13,14). The van der Waals surface area contributed by atoms with Crippen LogP contribution in [-0.4, -0.2) is 11.0 Å². The number of hydrogen-bond acceptors (Lipinski definition) is 2. The lowest BCUT2D eigenvalue weighted by atomic mass is 9.87. The maximum atomic E-state index is 4.37. The summed E-state index contributed by atoms with van der Waals surface area (Å²) in [5.41, 5.74) is 1.42. The van der Waals surface area contributed by atoms with E-state index in [1.165, 1.54) is 5.56 Å². The molecule has 0 aliphatic heterocycles. The molecule has 78 valence electrons. The van der Waals surface area contributed by atoms with Crippen molar-refractivity contribution in [3.63, 3.8) is 0 Å². The number of nitrogens with one attached hydrogen (secondary N) is 1. The molecule has 1 aromatic rings. The van der Waals surface area contributed by atoms with Crippen LogP contribution in [0.15, 0.2) is 18.3 Å². The van der Waals surface area contributed by atoms with Gasteiger partial charge in [-0.15, -0.1) is 0 Å². The zero-order chi connectivity index (χ0) is 10.8. The van der Waals surface area contributed by atoms with Crippen LogP contribution in [0.4, 0.5) is 5.82 Å². The zero-order valence-electron chi connectivity index (χ0n) is 9.76. The summed E-state index contributed by atoms with van der Waals surface area (Å²) in [5, 5.41) is 3.37. The third-order valence-corrected chi connectivity index (χ3v) is 2.04. The Hall–Kier alpha value is -1.05. The van der Waals surface area contributed by atoms with Crippen molar-refractivity contribution < 1.29 is 0 Å². The number of nitrogens with zero attached hydrogens (tertiary/aromatic N) is 1. The normalized spacial score (nSPS) is 11.9. The molecular formula is C12H20N2. The number of anilines is 1. The highest BCUT2D eigenvalue weighted by molar-refractivity contribution is 5.47. The van der Waals surface area contributed by atoms with E-state index < -0.39 is 0 Å². The van der Waals surface area contributed by atoms with Gasteiger partial charge in [-0.3, -0.25) is 0 Å². The predicted molar refractivity (Wildman–Crippen MR) is 61.7 cm³/mol. The first kappa shape index (κ1) is 11.0. The third-order valence-electron chi connectivity index (χ3n) is 2.04. The molecule has 14 heavy (non-hydrogen) atoms. The van der Waals surface area contributed by atoms with Crippen LogP contribution >= 0.6 is 0 Å². The lowest BCUT2D eigenvalue weighted by Gasteiger charge is -2.23. The van der Waals surface area contributed by atoms with Gasteiger partial charge in [-0.05, 0) is 30.9 Å². The van der Waals surface area contributed by atoms with Crippen molar-refractivity contribution in [2.24, 2.45) is 0 Å². The Labute approximate surface area is 86.8 Å². The van der Waals surface area contributed by atoms with Gasteiger partial charge in [0.15, 0.2) is 0 Å². The van der Waals surface area contributed by atoms with E-state index in [9.17, 15) is 0 Å². The quantitative estimate of drug-likeness (QED) is 0.778. The maximum absolute atomic E-state index is 4.37. The molecule has 0 saturated carbocycles. The fraction of sp³-hybridized carbons (Fsp3) is 0.583. The molecule has 0 spiro atoms. The highest BCUT2D eigenvalue weighted by Gasteiger charge is 2.18. The van der Waals surface area contributed by atoms with E-state index in [0.29, 0.717) is 6.04 Å². The lowest BCUT2D eigenvalue weighted by Crippen LogP contribution is -2.19. The minimum Gasteiger partial charge on any atom is -0.368 e. The van der Waals surface area contributed by atoms with Crippen LogP contribution in [0, 0.1) is 0 Å². The fourth-order valence-corrected chi connectivity index (χ4v) is 1.40. The van der Waals surface area contributed by atoms with E-state index in [2.05, 4.69) is 51.0 Å². The number of pyridine rings is 1. The predicted octanol–water partition coefficient (Wildman–Crippen LogP) is 3.20. The van der Waals surface area contributed by atoms with E-state index in [4.69, 9.17) is 0 Å². The first-order valence-corrected chi connectivity index (χ1v) is 5.13. The van der Waals surface area contributed by atoms with Gasteiger partial charge in [-0.25, -0.2) is 4.98 Å². The molecule has 1 heterocycles. The Morgan fingerprint density at radius 2 is 1.93 bits per heavy atom. The summed E-state index contributed by atoms with van der Waals surface area (Å²) in [6.07, 6.45) is 1.83. The first-order valence-electron chi connectivity index (χ1n) is 5.13. The van der Waals surface area contributed by atoms with Gasteiger partial charge in [0.1, 0.15) is 5.82 Å². The SMILES string of the molecule is CC(C)Nc1ncccc1C(C)(C)C. The average Bonchev–Trinajstić information content (AvgIpc) is 2.01. The molecular weight excluding hydrogens is 172 g/mol. The van der Waals surface area contributed by atoms with Crippen molar-refractivity contribution >= 4 is 5.82 Å². The van der Waals surface area contributed by atoms with E-state index in [0.717, 1.165) is 5.82 Å². The van der Waals surface area contributed by atoms with Crippen molar-refractivity contribution in [2.75, 3.05) is 5.32 Å². The lowest BCUT2D eigenvalue weighted by molar-refractivity contribution is 0.588. The summed E-state index contributed by atoms with van der Waals surface area (Å²) in [6, 6.07) is 4.55. The summed E-state index contributed by atoms with van der Waals surface area (Å²) >= 11 is 0. The molecule has 0 aromatic carbocycles. The van der Waals surface area contributed by atoms with Crippen LogP contribution in [0.25, 0.3) is 0 Å². The van der Waals surface area contributed by atoms with Crippen LogP contribution in [-0.2, 0) is 5.41 Å². The molecule has 2 nitrogen and oxygen atoms in total. The van der Waals surface area contributed by atoms with Gasteiger partial charge >= 0.3 is 0 Å². The van der Waals surface area contributed by atoms with Crippen molar-refractivity contribution in [3.8, 4) is 0 Å². The number of rotatable bonds is 2. The van der Waals surface area contributed by atoms with Gasteiger partial charge in [0.2, 0.25) is 0 Å². The highest BCUT2D eigenvalue weighted by Crippen LogP contribution is 2.27. The molecule has 0 radical (unpaired) electrons. The summed E-state index contributed by atoms with van der Waals surface area (Å²) in [4.78, 5) is 4.37. The Bertz CT molecular complexity index is 297. The van der Waals surface area contributed by atoms with Crippen molar-refractivity contribution in [1.29, 1.82) is 0 Å². The Kier molecular flexibility index (Phi) is 3.14. The smallest absolute Gasteiger partial charge is 0.129 e. The second kappa shape index (κ2) is 3.99. The van der Waals surface area contributed by atoms with Crippen molar-refractivity contribution in [3.05, 3.63) is 23.9 Å². The van der Waals surface area contributed by atoms with E-state index >= 15 is 0 Å². The van der Waals surface area contributed by atoms with E-state index in [1.807, 2.05) is 12.3 Å². The molecule has 1 rings (SSSR count). The molecule has 0 saturated heterocycles. The van der Waals surface area contributed by atoms with Gasteiger partial charge in [0.05, 0.1) is 0 Å². The Morgan fingerprint density at radius 1 is 1.29 bits per heavy atom. The number of aromatic nitrogens is 1. The molecule has 0 atom stereocenters. The van der Waals surface area contributed by atoms with Crippen LogP contribution in [0.1, 0.15) is 40.2 Å². The second-order valence-corrected chi connectivity index (χ2v) is 4.95. The van der Waals surface area contributed by atoms with Crippen LogP contribution < -0.4 is 5.32 Å². The Balaban J connectivity index is 3.04. The van der Waals surface area contributed by atoms with E-state index in [-0.39, 0.29) is 5.41 Å². The molecule has 1 aromatic heterocycles. The van der Waals surface area contributed by atoms with Crippen LogP contribution in [0.2, 0.25) is 0 Å². The van der Waals surface area contributed by atoms with Crippen molar-refractivity contribution in [2.45, 2.75) is 46.1 Å².